The SMILES string of the molecule is COC(=O)CC(C[n+]1c(-c2ccccc2)cc(-c2ccccc2)cc1-c1ccccc1)c1ccc(Cl)cc1. The molecular formula is C34H29ClNO2+. The summed E-state index contributed by atoms with van der Waals surface area (Å²) in [7, 11) is 1.44. The minimum Gasteiger partial charge on any atom is -0.469 e. The topological polar surface area (TPSA) is 30.2 Å². The van der Waals surface area contributed by atoms with Crippen molar-refractivity contribution in [3.8, 4) is 33.6 Å². The number of ether oxygens (including phenoxy) is 1. The van der Waals surface area contributed by atoms with Crippen LogP contribution in [0.25, 0.3) is 33.6 Å². The Bertz CT molecular complexity index is 1440. The fraction of sp³-hybridized carbons (Fsp3) is 0.118. The van der Waals surface area contributed by atoms with Crippen LogP contribution in [-0.2, 0) is 16.1 Å². The van der Waals surface area contributed by atoms with Gasteiger partial charge in [-0.3, -0.25) is 4.79 Å². The van der Waals surface area contributed by atoms with Crippen LogP contribution in [0.15, 0.2) is 127 Å². The highest BCUT2D eigenvalue weighted by atomic mass is 35.5. The first kappa shape index (κ1) is 25.4. The van der Waals surface area contributed by atoms with Gasteiger partial charge >= 0.3 is 5.97 Å². The minimum absolute atomic E-state index is 0.114. The van der Waals surface area contributed by atoms with Gasteiger partial charge in [-0.15, -0.1) is 0 Å². The average Bonchev–Trinajstić information content (AvgIpc) is 2.98. The summed E-state index contributed by atoms with van der Waals surface area (Å²) in [4.78, 5) is 12.5. The Balaban J connectivity index is 1.74. The van der Waals surface area contributed by atoms with Crippen molar-refractivity contribution in [1.29, 1.82) is 0 Å². The van der Waals surface area contributed by atoms with Gasteiger partial charge in [-0.2, -0.15) is 4.57 Å². The Kier molecular flexibility index (Phi) is 7.96. The molecule has 5 rings (SSSR count). The lowest BCUT2D eigenvalue weighted by atomic mass is 9.93. The number of methoxy groups -OCH3 is 1. The van der Waals surface area contributed by atoms with Gasteiger partial charge in [0, 0.05) is 28.3 Å². The van der Waals surface area contributed by atoms with Gasteiger partial charge in [0.1, 0.15) is 0 Å². The fourth-order valence-electron chi connectivity index (χ4n) is 4.84. The molecule has 0 spiro atoms. The molecule has 0 radical (unpaired) electrons. The van der Waals surface area contributed by atoms with E-state index in [1.165, 1.54) is 7.11 Å². The summed E-state index contributed by atoms with van der Waals surface area (Å²) in [5.74, 6) is -0.355. The molecule has 1 heterocycles. The van der Waals surface area contributed by atoms with Crippen molar-refractivity contribution < 1.29 is 14.1 Å². The maximum absolute atomic E-state index is 12.5. The number of halogens is 1. The van der Waals surface area contributed by atoms with Crippen LogP contribution >= 0.6 is 11.6 Å². The third kappa shape index (κ3) is 5.85. The summed E-state index contributed by atoms with van der Waals surface area (Å²) in [6.07, 6.45) is 0.258. The van der Waals surface area contributed by atoms with Crippen LogP contribution in [0, 0.1) is 0 Å². The number of rotatable bonds is 8. The summed E-state index contributed by atoms with van der Waals surface area (Å²) in [5, 5.41) is 0.667. The van der Waals surface area contributed by atoms with E-state index in [2.05, 4.69) is 89.5 Å². The Labute approximate surface area is 228 Å². The first-order chi connectivity index (χ1) is 18.6. The van der Waals surface area contributed by atoms with Gasteiger partial charge in [0.15, 0.2) is 6.54 Å². The molecule has 188 valence electrons. The standard InChI is InChI=1S/C34H29ClNO2/c1-38-34(37)23-30(26-17-19-31(35)20-18-26)24-36-32(27-13-7-3-8-14-27)21-29(25-11-5-2-6-12-25)22-33(36)28-15-9-4-10-16-28/h2-22,30H,23-24H2,1H3/q+1. The van der Waals surface area contributed by atoms with E-state index < -0.39 is 0 Å². The number of benzene rings is 4. The summed E-state index contributed by atoms with van der Waals surface area (Å²) < 4.78 is 7.43. The number of esters is 1. The predicted molar refractivity (Wildman–Crippen MR) is 154 cm³/mol. The summed E-state index contributed by atoms with van der Waals surface area (Å²) in [6, 6.07) is 43.5. The third-order valence-corrected chi connectivity index (χ3v) is 7.05. The molecule has 1 aromatic heterocycles. The van der Waals surface area contributed by atoms with Gasteiger partial charge < -0.3 is 4.74 Å². The third-order valence-electron chi connectivity index (χ3n) is 6.80. The molecule has 0 aliphatic heterocycles. The maximum Gasteiger partial charge on any atom is 0.306 e. The second-order valence-corrected chi connectivity index (χ2v) is 9.69. The number of carbonyl (C=O) groups is 1. The number of aromatic nitrogens is 1. The van der Waals surface area contributed by atoms with Crippen molar-refractivity contribution in [1.82, 2.24) is 0 Å². The lowest BCUT2D eigenvalue weighted by molar-refractivity contribution is -0.678. The maximum atomic E-state index is 12.5. The van der Waals surface area contributed by atoms with Gasteiger partial charge in [0.05, 0.1) is 19.4 Å². The highest BCUT2D eigenvalue weighted by Crippen LogP contribution is 2.31. The summed E-state index contributed by atoms with van der Waals surface area (Å²) in [5.41, 5.74) is 7.70. The molecule has 1 unspecified atom stereocenters. The van der Waals surface area contributed by atoms with Gasteiger partial charge in [0.2, 0.25) is 11.4 Å². The number of hydrogen-bond acceptors (Lipinski definition) is 2. The van der Waals surface area contributed by atoms with Crippen molar-refractivity contribution in [3.05, 3.63) is 138 Å². The van der Waals surface area contributed by atoms with Crippen LogP contribution in [0.1, 0.15) is 17.9 Å². The zero-order valence-corrected chi connectivity index (χ0v) is 22.0. The van der Waals surface area contributed by atoms with Crippen molar-refractivity contribution in [2.75, 3.05) is 7.11 Å². The van der Waals surface area contributed by atoms with E-state index in [0.717, 1.165) is 39.2 Å². The predicted octanol–water partition coefficient (Wildman–Crippen LogP) is 7.98. The molecule has 3 nitrogen and oxygen atoms in total. The van der Waals surface area contributed by atoms with Crippen LogP contribution in [0.3, 0.4) is 0 Å². The molecule has 0 N–H and O–H groups in total. The quantitative estimate of drug-likeness (QED) is 0.154. The molecule has 0 saturated carbocycles. The first-order valence-electron chi connectivity index (χ1n) is 12.7. The van der Waals surface area contributed by atoms with Crippen molar-refractivity contribution in [2.45, 2.75) is 18.9 Å². The second-order valence-electron chi connectivity index (χ2n) is 9.25. The molecule has 0 saturated heterocycles. The van der Waals surface area contributed by atoms with E-state index in [1.54, 1.807) is 0 Å². The Morgan fingerprint density at radius 3 is 1.63 bits per heavy atom. The van der Waals surface area contributed by atoms with Crippen LogP contribution in [0.4, 0.5) is 0 Å². The Hall–Kier alpha value is -4.21. The molecule has 0 aliphatic carbocycles. The molecule has 0 fully saturated rings. The molecule has 38 heavy (non-hydrogen) atoms. The second kappa shape index (κ2) is 11.9. The van der Waals surface area contributed by atoms with Crippen LogP contribution in [0.2, 0.25) is 5.02 Å². The molecule has 4 aromatic carbocycles. The van der Waals surface area contributed by atoms with Gasteiger partial charge in [-0.1, -0.05) is 90.5 Å². The highest BCUT2D eigenvalue weighted by molar-refractivity contribution is 6.30. The van der Waals surface area contributed by atoms with Crippen LogP contribution in [0.5, 0.6) is 0 Å². The number of pyridine rings is 1. The normalized spacial score (nSPS) is 11.6. The molecular weight excluding hydrogens is 490 g/mol. The number of hydrogen-bond donors (Lipinski definition) is 0. The van der Waals surface area contributed by atoms with Gasteiger partial charge in [-0.25, -0.2) is 0 Å². The first-order valence-corrected chi connectivity index (χ1v) is 13.1. The van der Waals surface area contributed by atoms with E-state index in [1.807, 2.05) is 42.5 Å². The van der Waals surface area contributed by atoms with E-state index >= 15 is 0 Å². The molecule has 0 bridgehead atoms. The number of nitrogens with zero attached hydrogens (tertiary/aromatic N) is 1. The van der Waals surface area contributed by atoms with Gasteiger partial charge in [0.25, 0.3) is 0 Å². The monoisotopic (exact) mass is 518 g/mol. The lowest BCUT2D eigenvalue weighted by Gasteiger charge is -2.18. The minimum atomic E-state index is -0.242. The van der Waals surface area contributed by atoms with E-state index in [9.17, 15) is 4.79 Å². The van der Waals surface area contributed by atoms with E-state index in [0.29, 0.717) is 11.6 Å². The zero-order valence-electron chi connectivity index (χ0n) is 21.3. The number of carbonyl (C=O) groups excluding carboxylic acids is 1. The summed E-state index contributed by atoms with van der Waals surface area (Å²) >= 11 is 6.20. The molecule has 0 aliphatic rings. The molecule has 4 heteroatoms. The van der Waals surface area contributed by atoms with Crippen LogP contribution in [-0.4, -0.2) is 13.1 Å². The van der Waals surface area contributed by atoms with Crippen molar-refractivity contribution >= 4 is 17.6 Å². The Morgan fingerprint density at radius 1 is 0.684 bits per heavy atom. The van der Waals surface area contributed by atoms with Gasteiger partial charge in [-0.05, 0) is 53.1 Å². The smallest absolute Gasteiger partial charge is 0.306 e. The average molecular weight is 519 g/mol. The van der Waals surface area contributed by atoms with Crippen molar-refractivity contribution in [3.63, 3.8) is 0 Å². The molecule has 1 atom stereocenters. The summed E-state index contributed by atoms with van der Waals surface area (Å²) in [6.45, 7) is 0.584. The van der Waals surface area contributed by atoms with Crippen molar-refractivity contribution in [2.24, 2.45) is 0 Å². The Morgan fingerprint density at radius 2 is 1.16 bits per heavy atom. The van der Waals surface area contributed by atoms with E-state index in [-0.39, 0.29) is 18.3 Å². The van der Waals surface area contributed by atoms with Crippen LogP contribution < -0.4 is 4.57 Å². The molecule has 5 aromatic rings. The van der Waals surface area contributed by atoms with E-state index in [4.69, 9.17) is 16.3 Å². The molecule has 0 amide bonds. The lowest BCUT2D eigenvalue weighted by Crippen LogP contribution is -2.42. The zero-order chi connectivity index (χ0) is 26.3. The highest BCUT2D eigenvalue weighted by Gasteiger charge is 2.28. The largest absolute Gasteiger partial charge is 0.469 e. The fourth-order valence-corrected chi connectivity index (χ4v) is 4.97.